The second-order valence-electron chi connectivity index (χ2n) is 5.93. The summed E-state index contributed by atoms with van der Waals surface area (Å²) in [5.74, 6) is 0.718. The van der Waals surface area contributed by atoms with Crippen LogP contribution in [0.4, 0.5) is 5.69 Å². The quantitative estimate of drug-likeness (QED) is 0.577. The zero-order valence-corrected chi connectivity index (χ0v) is 15.6. The number of hydrogen-bond acceptors (Lipinski definition) is 3. The summed E-state index contributed by atoms with van der Waals surface area (Å²) in [6.07, 6.45) is 1.87. The van der Waals surface area contributed by atoms with E-state index in [1.807, 2.05) is 66.7 Å². The molecule has 0 saturated carbocycles. The Hall–Kier alpha value is -2.36. The Morgan fingerprint density at radius 1 is 0.920 bits per heavy atom. The number of guanidine groups is 1. The van der Waals surface area contributed by atoms with Gasteiger partial charge in [-0.25, -0.2) is 0 Å². The second kappa shape index (κ2) is 7.26. The molecule has 4 nitrogen and oxygen atoms in total. The van der Waals surface area contributed by atoms with E-state index in [-0.39, 0.29) is 5.91 Å². The minimum atomic E-state index is -0.0545. The molecule has 0 unspecified atom stereocenters. The molecule has 2 aliphatic heterocycles. The Bertz CT molecular complexity index is 811. The van der Waals surface area contributed by atoms with Gasteiger partial charge in [-0.05, 0) is 0 Å². The number of carbonyl (C=O) groups excluding carboxylic acids is 1. The standard InChI is InChI=1S/C20H19N3OSe/c24-19-18(15-16-7-3-1-4-8-16)21-20(22-11-13-25-14-12-22)23(19)17-9-5-2-6-10-17/h1-10,15H,11-14H2/b18-15+. The van der Waals surface area contributed by atoms with Crippen LogP contribution in [0.3, 0.4) is 0 Å². The Balaban J connectivity index is 1.74. The van der Waals surface area contributed by atoms with Crippen molar-refractivity contribution in [1.29, 1.82) is 0 Å². The van der Waals surface area contributed by atoms with E-state index in [1.54, 1.807) is 4.90 Å². The molecule has 4 rings (SSSR count). The van der Waals surface area contributed by atoms with Crippen LogP contribution < -0.4 is 4.90 Å². The van der Waals surface area contributed by atoms with Crippen LogP contribution in [0.25, 0.3) is 6.08 Å². The normalized spacial score (nSPS) is 19.4. The van der Waals surface area contributed by atoms with E-state index >= 15 is 0 Å². The molecule has 0 N–H and O–H groups in total. The number of para-hydroxylation sites is 1. The minimum absolute atomic E-state index is 0.0545. The molecule has 0 aliphatic carbocycles. The number of amides is 1. The molecule has 0 radical (unpaired) electrons. The number of aliphatic imine (C=N–C) groups is 1. The van der Waals surface area contributed by atoms with Crippen molar-refractivity contribution in [2.24, 2.45) is 4.99 Å². The molecule has 1 amide bonds. The van der Waals surface area contributed by atoms with E-state index in [9.17, 15) is 4.79 Å². The summed E-state index contributed by atoms with van der Waals surface area (Å²) in [5, 5.41) is 2.42. The van der Waals surface area contributed by atoms with Gasteiger partial charge in [0.15, 0.2) is 0 Å². The number of rotatable bonds is 2. The van der Waals surface area contributed by atoms with E-state index in [1.165, 1.54) is 10.6 Å². The van der Waals surface area contributed by atoms with Crippen molar-refractivity contribution in [3.63, 3.8) is 0 Å². The molecule has 126 valence electrons. The molecule has 0 atom stereocenters. The van der Waals surface area contributed by atoms with Gasteiger partial charge in [0.25, 0.3) is 0 Å². The van der Waals surface area contributed by atoms with Crippen LogP contribution in [0.15, 0.2) is 71.4 Å². The summed E-state index contributed by atoms with van der Waals surface area (Å²) in [6, 6.07) is 19.7. The molecule has 2 aliphatic rings. The van der Waals surface area contributed by atoms with Crippen molar-refractivity contribution in [2.75, 3.05) is 18.0 Å². The van der Waals surface area contributed by atoms with E-state index in [0.717, 1.165) is 45.3 Å². The van der Waals surface area contributed by atoms with Gasteiger partial charge in [0.2, 0.25) is 0 Å². The molecule has 0 spiro atoms. The first-order valence-corrected chi connectivity index (χ1v) is 10.8. The molecular weight excluding hydrogens is 377 g/mol. The van der Waals surface area contributed by atoms with Crippen LogP contribution in [-0.2, 0) is 4.79 Å². The van der Waals surface area contributed by atoms with Gasteiger partial charge in [-0.3, -0.25) is 0 Å². The van der Waals surface area contributed by atoms with Gasteiger partial charge in [-0.2, -0.15) is 0 Å². The average Bonchev–Trinajstić information content (AvgIpc) is 3.00. The zero-order chi connectivity index (χ0) is 17.1. The van der Waals surface area contributed by atoms with Crippen molar-refractivity contribution in [2.45, 2.75) is 10.6 Å². The van der Waals surface area contributed by atoms with Crippen LogP contribution >= 0.6 is 0 Å². The van der Waals surface area contributed by atoms with Crippen LogP contribution in [0, 0.1) is 0 Å². The SMILES string of the molecule is O=C1/C(=C\c2ccccc2)N=C(N2CC[Se]CC2)N1c1ccccc1. The maximum absolute atomic E-state index is 13.1. The van der Waals surface area contributed by atoms with Crippen LogP contribution in [0.2, 0.25) is 10.6 Å². The van der Waals surface area contributed by atoms with Crippen molar-refractivity contribution >= 4 is 38.6 Å². The number of nitrogens with zero attached hydrogens (tertiary/aromatic N) is 3. The summed E-state index contributed by atoms with van der Waals surface area (Å²) < 4.78 is 0. The summed E-state index contributed by atoms with van der Waals surface area (Å²) in [7, 11) is 0. The van der Waals surface area contributed by atoms with Crippen LogP contribution in [0.5, 0.6) is 0 Å². The first-order valence-electron chi connectivity index (χ1n) is 8.40. The summed E-state index contributed by atoms with van der Waals surface area (Å²) >= 11 is 0.722. The Kier molecular flexibility index (Phi) is 4.68. The third kappa shape index (κ3) is 3.39. The zero-order valence-electron chi connectivity index (χ0n) is 13.8. The monoisotopic (exact) mass is 397 g/mol. The first kappa shape index (κ1) is 16.1. The molecular formula is C20H19N3OSe. The fourth-order valence-electron chi connectivity index (χ4n) is 3.00. The number of hydrogen-bond donors (Lipinski definition) is 0. The van der Waals surface area contributed by atoms with E-state index in [4.69, 9.17) is 4.99 Å². The summed E-state index contributed by atoms with van der Waals surface area (Å²) in [6.45, 7) is 1.96. The summed E-state index contributed by atoms with van der Waals surface area (Å²) in [5.41, 5.74) is 2.37. The van der Waals surface area contributed by atoms with Crippen molar-refractivity contribution < 1.29 is 4.79 Å². The molecule has 1 saturated heterocycles. The van der Waals surface area contributed by atoms with E-state index in [0.29, 0.717) is 5.70 Å². The number of benzene rings is 2. The molecule has 0 aromatic heterocycles. The average molecular weight is 396 g/mol. The van der Waals surface area contributed by atoms with Gasteiger partial charge < -0.3 is 0 Å². The number of anilines is 1. The Labute approximate surface area is 154 Å². The molecule has 2 aromatic carbocycles. The fraction of sp³-hybridized carbons (Fsp3) is 0.200. The second-order valence-corrected chi connectivity index (χ2v) is 8.50. The third-order valence-electron chi connectivity index (χ3n) is 4.25. The predicted molar refractivity (Wildman–Crippen MR) is 103 cm³/mol. The first-order chi connectivity index (χ1) is 12.3. The topological polar surface area (TPSA) is 35.9 Å². The van der Waals surface area contributed by atoms with Crippen molar-refractivity contribution in [3.8, 4) is 0 Å². The molecule has 5 heteroatoms. The van der Waals surface area contributed by atoms with E-state index in [2.05, 4.69) is 4.90 Å². The number of carbonyl (C=O) groups is 1. The molecule has 25 heavy (non-hydrogen) atoms. The molecule has 0 bridgehead atoms. The van der Waals surface area contributed by atoms with Gasteiger partial charge in [0.1, 0.15) is 0 Å². The molecule has 1 fully saturated rings. The van der Waals surface area contributed by atoms with Crippen LogP contribution in [0.1, 0.15) is 5.56 Å². The van der Waals surface area contributed by atoms with Gasteiger partial charge in [-0.15, -0.1) is 0 Å². The summed E-state index contributed by atoms with van der Waals surface area (Å²) in [4.78, 5) is 21.8. The Morgan fingerprint density at radius 3 is 2.24 bits per heavy atom. The Morgan fingerprint density at radius 2 is 1.56 bits per heavy atom. The third-order valence-corrected chi connectivity index (χ3v) is 6.23. The molecule has 2 aromatic rings. The van der Waals surface area contributed by atoms with Gasteiger partial charge in [0, 0.05) is 0 Å². The predicted octanol–water partition coefficient (Wildman–Crippen LogP) is 3.29. The molecule has 2 heterocycles. The van der Waals surface area contributed by atoms with Crippen molar-refractivity contribution in [3.05, 3.63) is 71.9 Å². The van der Waals surface area contributed by atoms with Crippen LogP contribution in [-0.4, -0.2) is 44.8 Å². The van der Waals surface area contributed by atoms with Gasteiger partial charge >= 0.3 is 154 Å². The van der Waals surface area contributed by atoms with E-state index < -0.39 is 0 Å². The maximum atomic E-state index is 13.1. The van der Waals surface area contributed by atoms with Crippen molar-refractivity contribution in [1.82, 2.24) is 4.90 Å². The van der Waals surface area contributed by atoms with Gasteiger partial charge in [-0.1, -0.05) is 0 Å². The fourth-order valence-corrected chi connectivity index (χ4v) is 4.89. The van der Waals surface area contributed by atoms with Gasteiger partial charge in [0.05, 0.1) is 0 Å².